The van der Waals surface area contributed by atoms with Crippen molar-refractivity contribution in [3.8, 4) is 22.6 Å². The minimum absolute atomic E-state index is 0.173. The van der Waals surface area contributed by atoms with Crippen LogP contribution in [-0.2, 0) is 9.59 Å². The Morgan fingerprint density at radius 1 is 0.929 bits per heavy atom. The first-order chi connectivity index (χ1) is 13.5. The monoisotopic (exact) mass is 395 g/mol. The van der Waals surface area contributed by atoms with E-state index in [1.807, 2.05) is 36.4 Å². The summed E-state index contributed by atoms with van der Waals surface area (Å²) in [6, 6.07) is 21.7. The van der Waals surface area contributed by atoms with Crippen LogP contribution in [0.25, 0.3) is 11.1 Å². The van der Waals surface area contributed by atoms with Crippen molar-refractivity contribution in [1.82, 2.24) is 0 Å². The molecule has 0 atom stereocenters. The second kappa shape index (κ2) is 9.06. The van der Waals surface area contributed by atoms with Crippen molar-refractivity contribution in [2.45, 2.75) is 6.92 Å². The van der Waals surface area contributed by atoms with E-state index in [1.54, 1.807) is 36.4 Å². The van der Waals surface area contributed by atoms with Crippen LogP contribution in [0.2, 0.25) is 5.02 Å². The van der Waals surface area contributed by atoms with Gasteiger partial charge in [0.2, 0.25) is 5.91 Å². The Morgan fingerprint density at radius 2 is 1.64 bits per heavy atom. The van der Waals surface area contributed by atoms with Gasteiger partial charge in [-0.05, 0) is 47.5 Å². The van der Waals surface area contributed by atoms with Gasteiger partial charge in [-0.15, -0.1) is 0 Å². The van der Waals surface area contributed by atoms with Crippen LogP contribution in [0, 0.1) is 0 Å². The molecule has 1 N–H and O–H groups in total. The Bertz CT molecular complexity index is 972. The number of anilines is 1. The fraction of sp³-hybridized carbons (Fsp3) is 0.0909. The van der Waals surface area contributed by atoms with Crippen LogP contribution in [-0.4, -0.2) is 18.5 Å². The Labute approximate surface area is 167 Å². The second-order valence-corrected chi connectivity index (χ2v) is 6.39. The Balaban J connectivity index is 1.56. The van der Waals surface area contributed by atoms with Crippen LogP contribution < -0.4 is 14.8 Å². The van der Waals surface area contributed by atoms with Gasteiger partial charge in [0.15, 0.2) is 6.61 Å². The van der Waals surface area contributed by atoms with Crippen molar-refractivity contribution in [3.63, 3.8) is 0 Å². The smallest absolute Gasteiger partial charge is 0.349 e. The van der Waals surface area contributed by atoms with E-state index in [-0.39, 0.29) is 12.5 Å². The standard InChI is InChI=1S/C22H18ClNO4/c1-15(25)24-18-8-10-19(11-9-18)28-22(26)14-27-21-12-7-17(13-20(21)23)16-5-3-2-4-6-16/h2-13H,14H2,1H3,(H,24,25). The van der Waals surface area contributed by atoms with Crippen LogP contribution in [0.3, 0.4) is 0 Å². The van der Waals surface area contributed by atoms with Crippen molar-refractivity contribution in [2.75, 3.05) is 11.9 Å². The predicted molar refractivity (Wildman–Crippen MR) is 109 cm³/mol. The van der Waals surface area contributed by atoms with E-state index < -0.39 is 5.97 Å². The molecule has 28 heavy (non-hydrogen) atoms. The summed E-state index contributed by atoms with van der Waals surface area (Å²) in [6.07, 6.45) is 0. The zero-order valence-electron chi connectivity index (χ0n) is 15.1. The molecule has 0 aliphatic heterocycles. The molecule has 0 aliphatic rings. The van der Waals surface area contributed by atoms with Gasteiger partial charge in [-0.2, -0.15) is 0 Å². The first kappa shape index (κ1) is 19.5. The van der Waals surface area contributed by atoms with Gasteiger partial charge in [-0.1, -0.05) is 48.0 Å². The predicted octanol–water partition coefficient (Wildman–Crippen LogP) is 4.95. The SMILES string of the molecule is CC(=O)Nc1ccc(OC(=O)COc2ccc(-c3ccccc3)cc2Cl)cc1. The normalized spacial score (nSPS) is 10.2. The first-order valence-corrected chi connectivity index (χ1v) is 8.95. The highest BCUT2D eigenvalue weighted by Crippen LogP contribution is 2.30. The minimum Gasteiger partial charge on any atom is -0.480 e. The molecule has 6 heteroatoms. The Morgan fingerprint density at radius 3 is 2.29 bits per heavy atom. The third-order valence-corrected chi connectivity index (χ3v) is 4.09. The van der Waals surface area contributed by atoms with Gasteiger partial charge in [0.1, 0.15) is 11.5 Å². The van der Waals surface area contributed by atoms with Gasteiger partial charge < -0.3 is 14.8 Å². The molecule has 3 rings (SSSR count). The lowest BCUT2D eigenvalue weighted by Crippen LogP contribution is -2.17. The fourth-order valence-corrected chi connectivity index (χ4v) is 2.77. The second-order valence-electron chi connectivity index (χ2n) is 5.98. The zero-order valence-corrected chi connectivity index (χ0v) is 15.9. The maximum atomic E-state index is 12.0. The molecule has 3 aromatic rings. The van der Waals surface area contributed by atoms with E-state index in [4.69, 9.17) is 21.1 Å². The summed E-state index contributed by atoms with van der Waals surface area (Å²) in [6.45, 7) is 1.14. The molecule has 0 saturated heterocycles. The number of benzene rings is 3. The van der Waals surface area contributed by atoms with Crippen molar-refractivity contribution in [3.05, 3.63) is 77.8 Å². The lowest BCUT2D eigenvalue weighted by Gasteiger charge is -2.10. The molecular weight excluding hydrogens is 378 g/mol. The molecule has 0 aliphatic carbocycles. The van der Waals surface area contributed by atoms with Crippen LogP contribution in [0.4, 0.5) is 5.69 Å². The molecular formula is C22H18ClNO4. The molecule has 0 bridgehead atoms. The number of esters is 1. The first-order valence-electron chi connectivity index (χ1n) is 8.57. The molecule has 0 spiro atoms. The third-order valence-electron chi connectivity index (χ3n) is 3.79. The van der Waals surface area contributed by atoms with Gasteiger partial charge in [0.25, 0.3) is 0 Å². The lowest BCUT2D eigenvalue weighted by molar-refractivity contribution is -0.136. The van der Waals surface area contributed by atoms with Crippen molar-refractivity contribution >= 4 is 29.2 Å². The number of nitrogens with one attached hydrogen (secondary N) is 1. The van der Waals surface area contributed by atoms with E-state index in [1.165, 1.54) is 6.92 Å². The van der Waals surface area contributed by atoms with Gasteiger partial charge in [0.05, 0.1) is 5.02 Å². The number of rotatable bonds is 6. The third kappa shape index (κ3) is 5.34. The van der Waals surface area contributed by atoms with Gasteiger partial charge >= 0.3 is 5.97 Å². The summed E-state index contributed by atoms with van der Waals surface area (Å²) in [5, 5.41) is 3.05. The Kier molecular flexibility index (Phi) is 6.29. The Hall–Kier alpha value is -3.31. The maximum Gasteiger partial charge on any atom is 0.349 e. The summed E-state index contributed by atoms with van der Waals surface area (Å²) >= 11 is 6.27. The highest BCUT2D eigenvalue weighted by atomic mass is 35.5. The summed E-state index contributed by atoms with van der Waals surface area (Å²) in [7, 11) is 0. The van der Waals surface area contributed by atoms with Crippen molar-refractivity contribution in [1.29, 1.82) is 0 Å². The molecule has 0 saturated carbocycles. The number of ether oxygens (including phenoxy) is 2. The number of hydrogen-bond donors (Lipinski definition) is 1. The van der Waals surface area contributed by atoms with Crippen LogP contribution in [0.15, 0.2) is 72.8 Å². The number of amides is 1. The largest absolute Gasteiger partial charge is 0.480 e. The average molecular weight is 396 g/mol. The summed E-state index contributed by atoms with van der Waals surface area (Å²) in [5.74, 6) is 0.0244. The molecule has 0 fully saturated rings. The van der Waals surface area contributed by atoms with E-state index in [0.29, 0.717) is 22.2 Å². The topological polar surface area (TPSA) is 64.6 Å². The van der Waals surface area contributed by atoms with Crippen LogP contribution in [0.1, 0.15) is 6.92 Å². The van der Waals surface area contributed by atoms with Crippen molar-refractivity contribution < 1.29 is 19.1 Å². The quantitative estimate of drug-likeness (QED) is 0.473. The maximum absolute atomic E-state index is 12.0. The van der Waals surface area contributed by atoms with Gasteiger partial charge in [0, 0.05) is 12.6 Å². The van der Waals surface area contributed by atoms with Crippen molar-refractivity contribution in [2.24, 2.45) is 0 Å². The average Bonchev–Trinajstić information content (AvgIpc) is 2.69. The molecule has 0 aromatic heterocycles. The molecule has 142 valence electrons. The lowest BCUT2D eigenvalue weighted by atomic mass is 10.1. The van der Waals surface area contributed by atoms with Crippen LogP contribution in [0.5, 0.6) is 11.5 Å². The molecule has 0 radical (unpaired) electrons. The molecule has 5 nitrogen and oxygen atoms in total. The molecule has 1 amide bonds. The highest BCUT2D eigenvalue weighted by molar-refractivity contribution is 6.32. The summed E-state index contributed by atoms with van der Waals surface area (Å²) in [4.78, 5) is 23.0. The number of carbonyl (C=O) groups excluding carboxylic acids is 2. The number of carbonyl (C=O) groups is 2. The fourth-order valence-electron chi connectivity index (χ4n) is 2.54. The number of hydrogen-bond acceptors (Lipinski definition) is 4. The minimum atomic E-state index is -0.560. The van der Waals surface area contributed by atoms with E-state index in [9.17, 15) is 9.59 Å². The molecule has 0 heterocycles. The summed E-state index contributed by atoms with van der Waals surface area (Å²) in [5.41, 5.74) is 2.62. The van der Waals surface area contributed by atoms with E-state index in [0.717, 1.165) is 11.1 Å². The highest BCUT2D eigenvalue weighted by Gasteiger charge is 2.10. The molecule has 0 unspecified atom stereocenters. The molecule has 3 aromatic carbocycles. The van der Waals surface area contributed by atoms with E-state index >= 15 is 0 Å². The van der Waals surface area contributed by atoms with Crippen LogP contribution >= 0.6 is 11.6 Å². The van der Waals surface area contributed by atoms with Gasteiger partial charge in [-0.3, -0.25) is 4.79 Å². The summed E-state index contributed by atoms with van der Waals surface area (Å²) < 4.78 is 10.7. The number of halogens is 1. The van der Waals surface area contributed by atoms with Gasteiger partial charge in [-0.25, -0.2) is 4.79 Å². The zero-order chi connectivity index (χ0) is 19.9. The van der Waals surface area contributed by atoms with E-state index in [2.05, 4.69) is 5.32 Å².